The standard InChI is InChI=1S/C17H19NO2/c1-11-4-9-16(13(3)12(11)2)18-10-14-5-7-15(8-6-14)17(19)20/h4-9,18H,10H2,1-3H3,(H,19,20). The van der Waals surface area contributed by atoms with Gasteiger partial charge in [-0.25, -0.2) is 4.79 Å². The van der Waals surface area contributed by atoms with Crippen LogP contribution in [0.25, 0.3) is 0 Å². The second-order valence-electron chi connectivity index (χ2n) is 5.04. The lowest BCUT2D eigenvalue weighted by Crippen LogP contribution is -2.03. The summed E-state index contributed by atoms with van der Waals surface area (Å²) >= 11 is 0. The van der Waals surface area contributed by atoms with Crippen molar-refractivity contribution in [3.63, 3.8) is 0 Å². The molecule has 0 aliphatic rings. The molecule has 0 amide bonds. The van der Waals surface area contributed by atoms with Gasteiger partial charge in [-0.2, -0.15) is 0 Å². The largest absolute Gasteiger partial charge is 0.478 e. The Labute approximate surface area is 119 Å². The van der Waals surface area contributed by atoms with Crippen molar-refractivity contribution < 1.29 is 9.90 Å². The number of nitrogens with one attached hydrogen (secondary N) is 1. The van der Waals surface area contributed by atoms with Crippen LogP contribution in [0.15, 0.2) is 36.4 Å². The molecule has 0 radical (unpaired) electrons. The summed E-state index contributed by atoms with van der Waals surface area (Å²) in [5, 5.41) is 12.3. The van der Waals surface area contributed by atoms with Gasteiger partial charge in [-0.05, 0) is 61.2 Å². The van der Waals surface area contributed by atoms with Crippen LogP contribution in [0.4, 0.5) is 5.69 Å². The average molecular weight is 269 g/mol. The third-order valence-electron chi connectivity index (χ3n) is 3.74. The molecule has 3 nitrogen and oxygen atoms in total. The van der Waals surface area contributed by atoms with E-state index >= 15 is 0 Å². The first-order chi connectivity index (χ1) is 9.49. The monoisotopic (exact) mass is 269 g/mol. The summed E-state index contributed by atoms with van der Waals surface area (Å²) in [6.45, 7) is 7.02. The predicted molar refractivity (Wildman–Crippen MR) is 81.4 cm³/mol. The Bertz CT molecular complexity index is 630. The first-order valence-corrected chi connectivity index (χ1v) is 6.62. The van der Waals surface area contributed by atoms with E-state index < -0.39 is 5.97 Å². The maximum Gasteiger partial charge on any atom is 0.335 e. The van der Waals surface area contributed by atoms with Crippen LogP contribution in [-0.2, 0) is 6.54 Å². The minimum atomic E-state index is -0.894. The smallest absolute Gasteiger partial charge is 0.335 e. The van der Waals surface area contributed by atoms with Crippen LogP contribution in [0.2, 0.25) is 0 Å². The first-order valence-electron chi connectivity index (χ1n) is 6.62. The SMILES string of the molecule is Cc1ccc(NCc2ccc(C(=O)O)cc2)c(C)c1C. The third kappa shape index (κ3) is 2.99. The predicted octanol–water partition coefficient (Wildman–Crippen LogP) is 3.92. The highest BCUT2D eigenvalue weighted by molar-refractivity contribution is 5.87. The molecule has 2 rings (SSSR count). The van der Waals surface area contributed by atoms with Gasteiger partial charge >= 0.3 is 5.97 Å². The molecule has 0 heterocycles. The zero-order valence-electron chi connectivity index (χ0n) is 12.0. The molecule has 0 saturated carbocycles. The van der Waals surface area contributed by atoms with E-state index in [0.29, 0.717) is 12.1 Å². The fourth-order valence-corrected chi connectivity index (χ4v) is 2.11. The maximum atomic E-state index is 10.8. The topological polar surface area (TPSA) is 49.3 Å². The van der Waals surface area contributed by atoms with E-state index in [1.165, 1.54) is 16.7 Å². The van der Waals surface area contributed by atoms with Crippen molar-refractivity contribution in [2.75, 3.05) is 5.32 Å². The van der Waals surface area contributed by atoms with Gasteiger partial charge in [-0.3, -0.25) is 0 Å². The molecule has 3 heteroatoms. The molecule has 0 aromatic heterocycles. The number of aryl methyl sites for hydroxylation is 1. The molecule has 0 unspecified atom stereocenters. The lowest BCUT2D eigenvalue weighted by atomic mass is 10.0. The van der Waals surface area contributed by atoms with E-state index in [4.69, 9.17) is 5.11 Å². The second kappa shape index (κ2) is 5.78. The van der Waals surface area contributed by atoms with E-state index in [2.05, 4.69) is 38.2 Å². The average Bonchev–Trinajstić information content (AvgIpc) is 2.44. The Balaban J connectivity index is 2.09. The Hall–Kier alpha value is -2.29. The van der Waals surface area contributed by atoms with Gasteiger partial charge in [0.05, 0.1) is 5.56 Å². The molecule has 0 aliphatic carbocycles. The van der Waals surface area contributed by atoms with Gasteiger partial charge in [-0.1, -0.05) is 18.2 Å². The molecule has 2 aromatic rings. The van der Waals surface area contributed by atoms with E-state index in [1.807, 2.05) is 12.1 Å². The number of carboxylic acid groups (broad SMARTS) is 1. The molecule has 0 spiro atoms. The van der Waals surface area contributed by atoms with Crippen LogP contribution in [-0.4, -0.2) is 11.1 Å². The zero-order valence-corrected chi connectivity index (χ0v) is 12.0. The van der Waals surface area contributed by atoms with Gasteiger partial charge < -0.3 is 10.4 Å². The van der Waals surface area contributed by atoms with Crippen molar-refractivity contribution in [3.05, 3.63) is 64.2 Å². The van der Waals surface area contributed by atoms with E-state index in [0.717, 1.165) is 11.3 Å². The number of hydrogen-bond donors (Lipinski definition) is 2. The number of hydrogen-bond acceptors (Lipinski definition) is 2. The number of carbonyl (C=O) groups is 1. The second-order valence-corrected chi connectivity index (χ2v) is 5.04. The fraction of sp³-hybridized carbons (Fsp3) is 0.235. The molecular weight excluding hydrogens is 250 g/mol. The van der Waals surface area contributed by atoms with Gasteiger partial charge in [-0.15, -0.1) is 0 Å². The summed E-state index contributed by atoms with van der Waals surface area (Å²) in [5.41, 5.74) is 6.35. The summed E-state index contributed by atoms with van der Waals surface area (Å²) in [4.78, 5) is 10.8. The van der Waals surface area contributed by atoms with Crippen molar-refractivity contribution in [1.82, 2.24) is 0 Å². The van der Waals surface area contributed by atoms with Crippen molar-refractivity contribution in [2.24, 2.45) is 0 Å². The molecule has 0 aliphatic heterocycles. The molecule has 2 N–H and O–H groups in total. The van der Waals surface area contributed by atoms with E-state index in [9.17, 15) is 4.79 Å². The number of rotatable bonds is 4. The Morgan fingerprint density at radius 2 is 1.65 bits per heavy atom. The molecular formula is C17H19NO2. The lowest BCUT2D eigenvalue weighted by Gasteiger charge is -2.13. The Morgan fingerprint density at radius 3 is 2.25 bits per heavy atom. The summed E-state index contributed by atoms with van der Waals surface area (Å²) in [6.07, 6.45) is 0. The highest BCUT2D eigenvalue weighted by Gasteiger charge is 2.04. The molecule has 2 aromatic carbocycles. The minimum Gasteiger partial charge on any atom is -0.478 e. The molecule has 20 heavy (non-hydrogen) atoms. The van der Waals surface area contributed by atoms with Crippen LogP contribution in [0.1, 0.15) is 32.6 Å². The summed E-state index contributed by atoms with van der Waals surface area (Å²) in [7, 11) is 0. The van der Waals surface area contributed by atoms with Gasteiger partial charge in [0.25, 0.3) is 0 Å². The number of carboxylic acids is 1. The molecule has 0 saturated heterocycles. The van der Waals surface area contributed by atoms with Crippen LogP contribution >= 0.6 is 0 Å². The quantitative estimate of drug-likeness (QED) is 0.884. The van der Waals surface area contributed by atoms with Gasteiger partial charge in [0.2, 0.25) is 0 Å². The van der Waals surface area contributed by atoms with Crippen molar-refractivity contribution in [2.45, 2.75) is 27.3 Å². The molecule has 0 fully saturated rings. The summed E-state index contributed by atoms with van der Waals surface area (Å²) in [5.74, 6) is -0.894. The van der Waals surface area contributed by atoms with E-state index in [1.54, 1.807) is 12.1 Å². The summed E-state index contributed by atoms with van der Waals surface area (Å²) < 4.78 is 0. The van der Waals surface area contributed by atoms with Crippen LogP contribution in [0, 0.1) is 20.8 Å². The maximum absolute atomic E-state index is 10.8. The van der Waals surface area contributed by atoms with Gasteiger partial charge in [0.1, 0.15) is 0 Å². The Kier molecular flexibility index (Phi) is 4.08. The number of aromatic carboxylic acids is 1. The summed E-state index contributed by atoms with van der Waals surface area (Å²) in [6, 6.07) is 11.1. The van der Waals surface area contributed by atoms with Crippen LogP contribution in [0.5, 0.6) is 0 Å². The Morgan fingerprint density at radius 1 is 1.00 bits per heavy atom. The fourth-order valence-electron chi connectivity index (χ4n) is 2.11. The molecule has 0 bridgehead atoms. The zero-order chi connectivity index (χ0) is 14.7. The van der Waals surface area contributed by atoms with Crippen molar-refractivity contribution in [3.8, 4) is 0 Å². The van der Waals surface area contributed by atoms with Gasteiger partial charge in [0.15, 0.2) is 0 Å². The van der Waals surface area contributed by atoms with Crippen LogP contribution < -0.4 is 5.32 Å². The van der Waals surface area contributed by atoms with Crippen molar-refractivity contribution >= 4 is 11.7 Å². The molecule has 0 atom stereocenters. The normalized spacial score (nSPS) is 10.3. The number of anilines is 1. The highest BCUT2D eigenvalue weighted by Crippen LogP contribution is 2.22. The van der Waals surface area contributed by atoms with Crippen molar-refractivity contribution in [1.29, 1.82) is 0 Å². The lowest BCUT2D eigenvalue weighted by molar-refractivity contribution is 0.0697. The minimum absolute atomic E-state index is 0.316. The third-order valence-corrected chi connectivity index (χ3v) is 3.74. The van der Waals surface area contributed by atoms with Crippen LogP contribution in [0.3, 0.4) is 0 Å². The molecule has 104 valence electrons. The number of benzene rings is 2. The van der Waals surface area contributed by atoms with Gasteiger partial charge in [0, 0.05) is 12.2 Å². The first kappa shape index (κ1) is 14.1. The highest BCUT2D eigenvalue weighted by atomic mass is 16.4. The van der Waals surface area contributed by atoms with E-state index in [-0.39, 0.29) is 0 Å².